The normalized spacial score (nSPS) is 30.5. The molecule has 6 heteroatoms. The van der Waals surface area contributed by atoms with Gasteiger partial charge < -0.3 is 9.67 Å². The molecule has 1 aliphatic carbocycles. The molecule has 6 nitrogen and oxygen atoms in total. The van der Waals surface area contributed by atoms with Gasteiger partial charge in [0.1, 0.15) is 5.82 Å². The van der Waals surface area contributed by atoms with E-state index in [4.69, 9.17) is 4.98 Å². The molecular weight excluding hydrogens is 472 g/mol. The Bertz CT molecular complexity index is 1060. The topological polar surface area (TPSA) is 61.6 Å². The van der Waals surface area contributed by atoms with Gasteiger partial charge in [-0.25, -0.2) is 4.98 Å². The predicted molar refractivity (Wildman–Crippen MR) is 152 cm³/mol. The second-order valence-corrected chi connectivity index (χ2v) is 12.7. The van der Waals surface area contributed by atoms with E-state index in [0.29, 0.717) is 24.7 Å². The Labute approximate surface area is 228 Å². The van der Waals surface area contributed by atoms with Crippen molar-refractivity contribution in [1.29, 1.82) is 0 Å². The molecule has 4 fully saturated rings. The van der Waals surface area contributed by atoms with Gasteiger partial charge in [0.15, 0.2) is 0 Å². The van der Waals surface area contributed by atoms with Crippen molar-refractivity contribution in [1.82, 2.24) is 19.4 Å². The minimum Gasteiger partial charge on any atom is -0.481 e. The van der Waals surface area contributed by atoms with Gasteiger partial charge in [-0.3, -0.25) is 14.6 Å². The summed E-state index contributed by atoms with van der Waals surface area (Å²) in [5.41, 5.74) is 2.38. The second-order valence-electron chi connectivity index (χ2n) is 12.7. The van der Waals surface area contributed by atoms with Crippen LogP contribution in [-0.2, 0) is 4.79 Å². The van der Waals surface area contributed by atoms with E-state index >= 15 is 0 Å². The van der Waals surface area contributed by atoms with Crippen molar-refractivity contribution in [3.63, 3.8) is 0 Å². The van der Waals surface area contributed by atoms with E-state index in [1.165, 1.54) is 101 Å². The lowest BCUT2D eigenvalue weighted by molar-refractivity contribution is -0.137. The number of carboxylic acid groups (broad SMARTS) is 1. The molecule has 4 aliphatic rings. The van der Waals surface area contributed by atoms with Crippen LogP contribution in [0.2, 0.25) is 0 Å². The van der Waals surface area contributed by atoms with Gasteiger partial charge in [-0.2, -0.15) is 0 Å². The van der Waals surface area contributed by atoms with E-state index in [2.05, 4.69) is 38.6 Å². The van der Waals surface area contributed by atoms with Crippen LogP contribution < -0.4 is 0 Å². The van der Waals surface area contributed by atoms with Crippen LogP contribution in [0.1, 0.15) is 127 Å². The van der Waals surface area contributed by atoms with Crippen molar-refractivity contribution >= 4 is 17.0 Å². The fourth-order valence-corrected chi connectivity index (χ4v) is 8.59. The molecule has 6 rings (SSSR count). The molecule has 1 N–H and O–H groups in total. The molecule has 0 radical (unpaired) electrons. The van der Waals surface area contributed by atoms with E-state index in [1.54, 1.807) is 0 Å². The van der Waals surface area contributed by atoms with Gasteiger partial charge in [0.25, 0.3) is 0 Å². The third-order valence-electron chi connectivity index (χ3n) is 10.3. The van der Waals surface area contributed by atoms with E-state index in [-0.39, 0.29) is 12.5 Å². The predicted octanol–water partition coefficient (Wildman–Crippen LogP) is 7.10. The molecule has 0 amide bonds. The minimum atomic E-state index is -0.704. The van der Waals surface area contributed by atoms with Gasteiger partial charge in [0, 0.05) is 30.7 Å². The first-order valence-corrected chi connectivity index (χ1v) is 15.9. The molecule has 3 saturated heterocycles. The molecule has 1 aromatic carbocycles. The fourth-order valence-electron chi connectivity index (χ4n) is 8.59. The molecule has 2 aromatic rings. The number of hydrogen-bond donors (Lipinski definition) is 1. The number of carboxylic acids is 1. The summed E-state index contributed by atoms with van der Waals surface area (Å²) >= 11 is 0. The van der Waals surface area contributed by atoms with Crippen molar-refractivity contribution in [2.45, 2.75) is 139 Å². The lowest BCUT2D eigenvalue weighted by Crippen LogP contribution is -2.56. The molecule has 4 atom stereocenters. The smallest absolute Gasteiger partial charge is 0.304 e. The highest BCUT2D eigenvalue weighted by Crippen LogP contribution is 2.45. The molecule has 2 bridgehead atoms. The number of hydrogen-bond acceptors (Lipinski definition) is 4. The minimum absolute atomic E-state index is 0.209. The molecule has 3 aliphatic heterocycles. The first-order chi connectivity index (χ1) is 18.7. The summed E-state index contributed by atoms with van der Waals surface area (Å²) in [6, 6.07) is 11.6. The van der Waals surface area contributed by atoms with Gasteiger partial charge in [-0.15, -0.1) is 0 Å². The third-order valence-corrected chi connectivity index (χ3v) is 10.3. The average Bonchev–Trinajstić information content (AvgIpc) is 3.54. The van der Waals surface area contributed by atoms with Crippen LogP contribution in [-0.4, -0.2) is 61.6 Å². The zero-order valence-electron chi connectivity index (χ0n) is 23.3. The molecule has 4 heterocycles. The number of aliphatic carboxylic acids is 1. The van der Waals surface area contributed by atoms with Crippen molar-refractivity contribution in [2.24, 2.45) is 0 Å². The number of nitrogens with zero attached hydrogens (tertiary/aromatic N) is 4. The zero-order valence-corrected chi connectivity index (χ0v) is 23.3. The van der Waals surface area contributed by atoms with E-state index in [9.17, 15) is 9.90 Å². The van der Waals surface area contributed by atoms with Gasteiger partial charge in [-0.1, -0.05) is 63.5 Å². The highest BCUT2D eigenvalue weighted by Gasteiger charge is 2.43. The van der Waals surface area contributed by atoms with Crippen molar-refractivity contribution in [3.05, 3.63) is 30.1 Å². The fraction of sp³-hybridized carbons (Fsp3) is 0.750. The number of imidazole rings is 1. The first-order valence-electron chi connectivity index (χ1n) is 15.9. The zero-order chi connectivity index (χ0) is 25.9. The van der Waals surface area contributed by atoms with E-state index in [1.807, 2.05) is 0 Å². The van der Waals surface area contributed by atoms with Gasteiger partial charge >= 0.3 is 5.97 Å². The molecular formula is C32H48N4O2. The Balaban J connectivity index is 1.27. The molecule has 2 unspecified atom stereocenters. The highest BCUT2D eigenvalue weighted by atomic mass is 16.4. The van der Waals surface area contributed by atoms with E-state index < -0.39 is 5.97 Å². The van der Waals surface area contributed by atoms with Crippen molar-refractivity contribution in [2.75, 3.05) is 13.1 Å². The first kappa shape index (κ1) is 26.3. The van der Waals surface area contributed by atoms with Gasteiger partial charge in [0.05, 0.1) is 23.5 Å². The number of carbonyl (C=O) groups is 1. The Morgan fingerprint density at radius 3 is 2.16 bits per heavy atom. The quantitative estimate of drug-likeness (QED) is 0.440. The van der Waals surface area contributed by atoms with Gasteiger partial charge in [0.2, 0.25) is 0 Å². The summed E-state index contributed by atoms with van der Waals surface area (Å²) in [6.07, 6.45) is 21.7. The Morgan fingerprint density at radius 1 is 0.789 bits per heavy atom. The lowest BCUT2D eigenvalue weighted by Gasteiger charge is -2.53. The monoisotopic (exact) mass is 520 g/mol. The van der Waals surface area contributed by atoms with Crippen LogP contribution in [0.25, 0.3) is 11.0 Å². The maximum atomic E-state index is 11.4. The van der Waals surface area contributed by atoms with Crippen LogP contribution in [0.5, 0.6) is 0 Å². The number of likely N-dealkylation sites (tertiary alicyclic amines) is 1. The second kappa shape index (κ2) is 12.1. The number of para-hydroxylation sites is 2. The molecule has 0 spiro atoms. The third kappa shape index (κ3) is 5.54. The molecule has 208 valence electrons. The van der Waals surface area contributed by atoms with Crippen LogP contribution in [0.3, 0.4) is 0 Å². The number of piperidine rings is 2. The maximum absolute atomic E-state index is 11.4. The summed E-state index contributed by atoms with van der Waals surface area (Å²) in [7, 11) is 0. The van der Waals surface area contributed by atoms with Crippen LogP contribution in [0, 0.1) is 0 Å². The van der Waals surface area contributed by atoms with Crippen LogP contribution in [0.15, 0.2) is 24.3 Å². The summed E-state index contributed by atoms with van der Waals surface area (Å²) < 4.78 is 2.63. The summed E-state index contributed by atoms with van der Waals surface area (Å²) in [5, 5.41) is 9.34. The summed E-state index contributed by atoms with van der Waals surface area (Å²) in [6.45, 7) is 1.60. The SMILES string of the molecule is O=C(O)CCN1CCCC1c1nc2ccccc2n1C1C[C@H]2CCC[C@@H](C1)N2C1CCCCCCCCC1. The largest absolute Gasteiger partial charge is 0.481 e. The average molecular weight is 521 g/mol. The summed E-state index contributed by atoms with van der Waals surface area (Å²) in [5.74, 6) is 0.495. The molecule has 38 heavy (non-hydrogen) atoms. The number of benzene rings is 1. The van der Waals surface area contributed by atoms with Crippen molar-refractivity contribution in [3.8, 4) is 0 Å². The number of rotatable bonds is 6. The summed E-state index contributed by atoms with van der Waals surface area (Å²) in [4.78, 5) is 22.0. The molecule has 1 saturated carbocycles. The Morgan fingerprint density at radius 2 is 1.45 bits per heavy atom. The van der Waals surface area contributed by atoms with Crippen LogP contribution >= 0.6 is 0 Å². The number of aromatic nitrogens is 2. The molecule has 1 aromatic heterocycles. The van der Waals surface area contributed by atoms with E-state index in [0.717, 1.165) is 30.9 Å². The highest BCUT2D eigenvalue weighted by molar-refractivity contribution is 5.76. The standard InChI is InChI=1S/C32H48N4O2/c37-31(38)19-21-34-20-11-18-30(34)32-33-28-16-8-9-17-29(28)36(32)27-22-25-14-10-15-26(23-27)35(25)24-12-6-4-2-1-3-5-7-13-24/h8-9,16-17,24-27,30H,1-7,10-15,18-23H2,(H,37,38)/t25-,26+,27?,30?. The van der Waals surface area contributed by atoms with Gasteiger partial charge in [-0.05, 0) is 70.0 Å². The van der Waals surface area contributed by atoms with Crippen molar-refractivity contribution < 1.29 is 9.90 Å². The number of fused-ring (bicyclic) bond motifs is 3. The Kier molecular flexibility index (Phi) is 8.36. The van der Waals surface area contributed by atoms with Crippen LogP contribution in [0.4, 0.5) is 0 Å². The lowest BCUT2D eigenvalue weighted by atomic mass is 9.79. The maximum Gasteiger partial charge on any atom is 0.304 e. The Hall–Kier alpha value is -1.92.